The number of nitrogen functional groups attached to an aromatic ring is 1. The number of urea groups is 1. The van der Waals surface area contributed by atoms with Crippen molar-refractivity contribution in [3.63, 3.8) is 0 Å². The molecule has 0 unspecified atom stereocenters. The van der Waals surface area contributed by atoms with Gasteiger partial charge in [-0.1, -0.05) is 66.7 Å². The van der Waals surface area contributed by atoms with Crippen molar-refractivity contribution in [2.45, 2.75) is 32.1 Å². The SMILES string of the molecule is C=CCNN(C(=O)NCc1ccccc1)[C@H](N)CN(Cc1cccc(-c2ccc(N)nc2)c1)C(=O)CCc1ccc(O)cc1. The molecule has 3 aromatic carbocycles. The number of aromatic hydroxyl groups is 1. The maximum Gasteiger partial charge on any atom is 0.333 e. The second-order valence-corrected chi connectivity index (χ2v) is 10.3. The minimum Gasteiger partial charge on any atom is -0.508 e. The van der Waals surface area contributed by atoms with Crippen molar-refractivity contribution in [2.75, 3.05) is 18.8 Å². The molecule has 10 nitrogen and oxygen atoms in total. The number of nitrogens with two attached hydrogens (primary N) is 2. The number of carbonyl (C=O) groups excluding carboxylic acids is 2. The molecule has 0 radical (unpaired) electrons. The maximum atomic E-state index is 13.7. The molecule has 1 atom stereocenters. The van der Waals surface area contributed by atoms with Crippen molar-refractivity contribution >= 4 is 17.8 Å². The van der Waals surface area contributed by atoms with Gasteiger partial charge in [0.15, 0.2) is 0 Å². The monoisotopic (exact) mass is 593 g/mol. The Kier molecular flexibility index (Phi) is 11.5. The van der Waals surface area contributed by atoms with Gasteiger partial charge in [-0.2, -0.15) is 0 Å². The summed E-state index contributed by atoms with van der Waals surface area (Å²) in [4.78, 5) is 32.8. The Morgan fingerprint density at radius 2 is 1.68 bits per heavy atom. The van der Waals surface area contributed by atoms with Gasteiger partial charge in [-0.25, -0.2) is 20.2 Å². The first-order valence-electron chi connectivity index (χ1n) is 14.4. The van der Waals surface area contributed by atoms with Crippen LogP contribution in [0.25, 0.3) is 11.1 Å². The number of amides is 3. The van der Waals surface area contributed by atoms with Crippen LogP contribution in [0.3, 0.4) is 0 Å². The van der Waals surface area contributed by atoms with E-state index in [0.29, 0.717) is 25.3 Å². The molecule has 3 amide bonds. The Labute approximate surface area is 258 Å². The summed E-state index contributed by atoms with van der Waals surface area (Å²) in [6.07, 6.45) is 3.18. The van der Waals surface area contributed by atoms with Gasteiger partial charge < -0.3 is 26.8 Å². The van der Waals surface area contributed by atoms with Crippen LogP contribution in [0.15, 0.2) is 110 Å². The van der Waals surface area contributed by atoms with Crippen molar-refractivity contribution in [1.29, 1.82) is 0 Å². The number of aryl methyl sites for hydroxylation is 1. The molecular weight excluding hydrogens is 554 g/mol. The van der Waals surface area contributed by atoms with Crippen LogP contribution in [-0.2, 0) is 24.3 Å². The molecule has 1 aromatic heterocycles. The topological polar surface area (TPSA) is 150 Å². The van der Waals surface area contributed by atoms with Crippen LogP contribution in [0.1, 0.15) is 23.1 Å². The Bertz CT molecular complexity index is 1510. The van der Waals surface area contributed by atoms with Crippen LogP contribution < -0.4 is 22.2 Å². The Hall–Kier alpha value is -5.19. The van der Waals surface area contributed by atoms with E-state index in [4.69, 9.17) is 11.5 Å². The second-order valence-electron chi connectivity index (χ2n) is 10.3. The van der Waals surface area contributed by atoms with Crippen molar-refractivity contribution in [2.24, 2.45) is 5.73 Å². The number of nitrogens with zero attached hydrogens (tertiary/aromatic N) is 3. The summed E-state index contributed by atoms with van der Waals surface area (Å²) in [5, 5.41) is 13.8. The number of carbonyl (C=O) groups is 2. The molecule has 10 heteroatoms. The first-order chi connectivity index (χ1) is 21.3. The highest BCUT2D eigenvalue weighted by Gasteiger charge is 2.25. The smallest absolute Gasteiger partial charge is 0.333 e. The standard InChI is InChI=1S/C34H39N7O3/c1-2-19-39-41(34(44)38-21-26-7-4-3-5-8-26)32(36)24-40(33(43)18-13-25-11-15-30(42)16-12-25)23-27-9-6-10-28(20-27)29-14-17-31(35)37-22-29/h2-12,14-17,20,22,32,39,42H,1,13,18-19,21,23-24,36H2,(H2,35,37)(H,38,44)/t32-/m0/s1. The van der Waals surface area contributed by atoms with Gasteiger partial charge in [-0.05, 0) is 59.0 Å². The molecule has 4 aromatic rings. The van der Waals surface area contributed by atoms with Crippen molar-refractivity contribution in [1.82, 2.24) is 25.6 Å². The number of hydrazine groups is 1. The number of benzene rings is 3. The van der Waals surface area contributed by atoms with E-state index in [-0.39, 0.29) is 31.2 Å². The van der Waals surface area contributed by atoms with Crippen LogP contribution in [-0.4, -0.2) is 51.2 Å². The number of aromatic nitrogens is 1. The highest BCUT2D eigenvalue weighted by atomic mass is 16.3. The minimum absolute atomic E-state index is 0.0744. The lowest BCUT2D eigenvalue weighted by Crippen LogP contribution is -2.60. The molecule has 0 spiro atoms. The molecule has 0 aliphatic carbocycles. The second kappa shape index (κ2) is 15.9. The summed E-state index contributed by atoms with van der Waals surface area (Å²) in [6, 6.07) is 27.4. The van der Waals surface area contributed by atoms with Gasteiger partial charge in [0.25, 0.3) is 0 Å². The van der Waals surface area contributed by atoms with Gasteiger partial charge >= 0.3 is 6.03 Å². The average Bonchev–Trinajstić information content (AvgIpc) is 3.04. The summed E-state index contributed by atoms with van der Waals surface area (Å²) in [6.45, 7) is 4.71. The number of rotatable bonds is 14. The molecule has 1 heterocycles. The van der Waals surface area contributed by atoms with E-state index in [1.807, 2.05) is 60.7 Å². The lowest BCUT2D eigenvalue weighted by atomic mass is 10.0. The number of anilines is 1. The van der Waals surface area contributed by atoms with E-state index in [1.165, 1.54) is 5.01 Å². The maximum absolute atomic E-state index is 13.7. The predicted octanol–water partition coefficient (Wildman–Crippen LogP) is 4.19. The third-order valence-electron chi connectivity index (χ3n) is 6.99. The number of phenols is 1. The first-order valence-corrected chi connectivity index (χ1v) is 14.4. The summed E-state index contributed by atoms with van der Waals surface area (Å²) in [5.41, 5.74) is 20.0. The highest BCUT2D eigenvalue weighted by molar-refractivity contribution is 5.77. The van der Waals surface area contributed by atoms with E-state index in [1.54, 1.807) is 47.5 Å². The molecular formula is C34H39N7O3. The number of pyridine rings is 1. The van der Waals surface area contributed by atoms with Crippen molar-refractivity contribution in [3.05, 3.63) is 127 Å². The zero-order valence-electron chi connectivity index (χ0n) is 24.6. The van der Waals surface area contributed by atoms with E-state index < -0.39 is 12.2 Å². The number of nitrogens with one attached hydrogen (secondary N) is 2. The lowest BCUT2D eigenvalue weighted by molar-refractivity contribution is -0.132. The zero-order valence-corrected chi connectivity index (χ0v) is 24.6. The summed E-state index contributed by atoms with van der Waals surface area (Å²) >= 11 is 0. The van der Waals surface area contributed by atoms with E-state index in [0.717, 1.165) is 27.8 Å². The van der Waals surface area contributed by atoms with Gasteiger partial charge in [0.1, 0.15) is 17.7 Å². The van der Waals surface area contributed by atoms with E-state index in [9.17, 15) is 14.7 Å². The average molecular weight is 594 g/mol. The molecule has 44 heavy (non-hydrogen) atoms. The predicted molar refractivity (Wildman–Crippen MR) is 173 cm³/mol. The third kappa shape index (κ3) is 9.41. The van der Waals surface area contributed by atoms with Crippen LogP contribution >= 0.6 is 0 Å². The molecule has 0 aliphatic heterocycles. The summed E-state index contributed by atoms with van der Waals surface area (Å²) in [5.74, 6) is 0.481. The molecule has 4 rings (SSSR count). The quantitative estimate of drug-likeness (QED) is 0.0836. The molecule has 7 N–H and O–H groups in total. The van der Waals surface area contributed by atoms with Crippen LogP contribution in [0.4, 0.5) is 10.6 Å². The largest absolute Gasteiger partial charge is 0.508 e. The van der Waals surface area contributed by atoms with Gasteiger partial charge in [-0.3, -0.25) is 4.79 Å². The fraction of sp³-hybridized carbons (Fsp3) is 0.206. The Morgan fingerprint density at radius 1 is 0.932 bits per heavy atom. The van der Waals surface area contributed by atoms with Crippen molar-refractivity contribution < 1.29 is 14.7 Å². The van der Waals surface area contributed by atoms with Crippen LogP contribution in [0, 0.1) is 0 Å². The van der Waals surface area contributed by atoms with Gasteiger partial charge in [0, 0.05) is 37.8 Å². The molecule has 0 bridgehead atoms. The Balaban J connectivity index is 1.52. The number of phenolic OH excluding ortho intramolecular Hbond substituents is 1. The fourth-order valence-corrected chi connectivity index (χ4v) is 4.64. The minimum atomic E-state index is -0.868. The van der Waals surface area contributed by atoms with Gasteiger partial charge in [0.05, 0.1) is 6.54 Å². The van der Waals surface area contributed by atoms with Gasteiger partial charge in [-0.15, -0.1) is 6.58 Å². The zero-order chi connectivity index (χ0) is 31.3. The van der Waals surface area contributed by atoms with E-state index in [2.05, 4.69) is 22.3 Å². The van der Waals surface area contributed by atoms with Crippen LogP contribution in [0.2, 0.25) is 0 Å². The molecule has 0 fully saturated rings. The van der Waals surface area contributed by atoms with Crippen LogP contribution in [0.5, 0.6) is 5.75 Å². The lowest BCUT2D eigenvalue weighted by Gasteiger charge is -2.33. The highest BCUT2D eigenvalue weighted by Crippen LogP contribution is 2.22. The first kappa shape index (κ1) is 31.7. The van der Waals surface area contributed by atoms with Crippen molar-refractivity contribution in [3.8, 4) is 16.9 Å². The third-order valence-corrected chi connectivity index (χ3v) is 6.99. The Morgan fingerprint density at radius 3 is 2.39 bits per heavy atom. The van der Waals surface area contributed by atoms with Gasteiger partial charge in [0.2, 0.25) is 5.91 Å². The summed E-state index contributed by atoms with van der Waals surface area (Å²) in [7, 11) is 0. The molecule has 0 aliphatic rings. The normalized spacial score (nSPS) is 11.4. The number of hydrogen-bond acceptors (Lipinski definition) is 7. The molecule has 0 saturated heterocycles. The molecule has 228 valence electrons. The van der Waals surface area contributed by atoms with E-state index >= 15 is 0 Å². The molecule has 0 saturated carbocycles. The number of hydrogen-bond donors (Lipinski definition) is 5. The summed E-state index contributed by atoms with van der Waals surface area (Å²) < 4.78 is 0. The fourth-order valence-electron chi connectivity index (χ4n) is 4.64.